The Kier molecular flexibility index (Phi) is 6.71. The third-order valence-corrected chi connectivity index (χ3v) is 21.8. The fourth-order valence-corrected chi connectivity index (χ4v) is 19.8. The standard InChI is InChI=1S/C32H35Si2/c1-4-34(2,3)33-31(27-21-13-7-14-22-27)29(25-17-9-5-10-18-25)30(26-19-11-6-12-20-26)32(33)28-23-15-8-16-24-28/h5-24,29-32H,4H2,1-3H3. The Morgan fingerprint density at radius 2 is 0.794 bits per heavy atom. The van der Waals surface area contributed by atoms with Crippen molar-refractivity contribution >= 4 is 15.9 Å². The van der Waals surface area contributed by atoms with E-state index >= 15 is 0 Å². The van der Waals surface area contributed by atoms with E-state index in [0.29, 0.717) is 22.9 Å². The second-order valence-electron chi connectivity index (χ2n) is 10.3. The number of benzene rings is 4. The molecule has 0 amide bonds. The quantitative estimate of drug-likeness (QED) is 0.245. The third-order valence-electron chi connectivity index (χ3n) is 8.13. The van der Waals surface area contributed by atoms with Gasteiger partial charge in [-0.15, -0.1) is 0 Å². The molecule has 5 rings (SSSR count). The van der Waals surface area contributed by atoms with E-state index in [1.165, 1.54) is 17.2 Å². The van der Waals surface area contributed by atoms with Gasteiger partial charge in [0.25, 0.3) is 0 Å². The van der Waals surface area contributed by atoms with Crippen molar-refractivity contribution in [2.24, 2.45) is 0 Å². The first-order chi connectivity index (χ1) is 16.6. The predicted octanol–water partition coefficient (Wildman–Crippen LogP) is 8.52. The smallest absolute Gasteiger partial charge is 0.0590 e. The number of hydrogen-bond acceptors (Lipinski definition) is 0. The Hall–Kier alpha value is -2.69. The molecule has 34 heavy (non-hydrogen) atoms. The predicted molar refractivity (Wildman–Crippen MR) is 150 cm³/mol. The highest BCUT2D eigenvalue weighted by Crippen LogP contribution is 2.61. The van der Waals surface area contributed by atoms with Crippen LogP contribution in [0.25, 0.3) is 0 Å². The van der Waals surface area contributed by atoms with E-state index < -0.39 is 15.9 Å². The van der Waals surface area contributed by atoms with Gasteiger partial charge in [-0.3, -0.25) is 0 Å². The Bertz CT molecular complexity index is 1080. The fourth-order valence-electron chi connectivity index (χ4n) is 6.29. The van der Waals surface area contributed by atoms with Gasteiger partial charge in [-0.1, -0.05) is 147 Å². The van der Waals surface area contributed by atoms with E-state index in [2.05, 4.69) is 141 Å². The molecule has 4 unspecified atom stereocenters. The highest BCUT2D eigenvalue weighted by molar-refractivity contribution is 7.33. The topological polar surface area (TPSA) is 0 Å². The molecule has 1 saturated heterocycles. The summed E-state index contributed by atoms with van der Waals surface area (Å²) >= 11 is 0. The molecule has 4 aromatic rings. The number of hydrogen-bond donors (Lipinski definition) is 0. The molecular weight excluding hydrogens is 441 g/mol. The van der Waals surface area contributed by atoms with Crippen molar-refractivity contribution in [2.45, 2.75) is 49.0 Å². The highest BCUT2D eigenvalue weighted by atomic mass is 29.2. The molecule has 0 aromatic heterocycles. The van der Waals surface area contributed by atoms with Gasteiger partial charge < -0.3 is 0 Å². The van der Waals surface area contributed by atoms with E-state index in [1.54, 1.807) is 11.1 Å². The van der Waals surface area contributed by atoms with Gasteiger partial charge in [0.2, 0.25) is 0 Å². The Morgan fingerprint density at radius 3 is 1.09 bits per heavy atom. The van der Waals surface area contributed by atoms with Crippen LogP contribution in [0.2, 0.25) is 19.1 Å². The molecule has 0 bridgehead atoms. The Morgan fingerprint density at radius 1 is 0.500 bits per heavy atom. The van der Waals surface area contributed by atoms with Gasteiger partial charge in [0.15, 0.2) is 0 Å². The summed E-state index contributed by atoms with van der Waals surface area (Å²) < 4.78 is 0. The van der Waals surface area contributed by atoms with E-state index in [0.717, 1.165) is 0 Å². The monoisotopic (exact) mass is 475 g/mol. The van der Waals surface area contributed by atoms with Crippen molar-refractivity contribution < 1.29 is 0 Å². The fraction of sp³-hybridized carbons (Fsp3) is 0.250. The van der Waals surface area contributed by atoms with Crippen molar-refractivity contribution in [2.75, 3.05) is 0 Å². The minimum atomic E-state index is -1.48. The minimum absolute atomic E-state index is 0.489. The SMILES string of the molecule is CC[Si](C)(C)[Si]1C(c2ccccc2)C(c2ccccc2)C(c2ccccc2)C1c1ccccc1. The van der Waals surface area contributed by atoms with E-state index in [9.17, 15) is 0 Å². The van der Waals surface area contributed by atoms with Gasteiger partial charge in [0.05, 0.1) is 8.31 Å². The van der Waals surface area contributed by atoms with Crippen molar-refractivity contribution in [1.82, 2.24) is 0 Å². The van der Waals surface area contributed by atoms with Crippen LogP contribution >= 0.6 is 0 Å². The highest BCUT2D eigenvalue weighted by Gasteiger charge is 2.57. The third kappa shape index (κ3) is 4.26. The number of rotatable bonds is 6. The van der Waals surface area contributed by atoms with Crippen LogP contribution in [0.3, 0.4) is 0 Å². The first kappa shape index (κ1) is 23.1. The first-order valence-corrected chi connectivity index (χ1v) is 18.5. The van der Waals surface area contributed by atoms with Crippen LogP contribution in [0.5, 0.6) is 0 Å². The van der Waals surface area contributed by atoms with Crippen LogP contribution in [0.15, 0.2) is 121 Å². The lowest BCUT2D eigenvalue weighted by Crippen LogP contribution is -2.51. The lowest BCUT2D eigenvalue weighted by atomic mass is 9.75. The van der Waals surface area contributed by atoms with Crippen molar-refractivity contribution in [3.05, 3.63) is 144 Å². The van der Waals surface area contributed by atoms with Crippen LogP contribution < -0.4 is 0 Å². The molecule has 171 valence electrons. The van der Waals surface area contributed by atoms with E-state index in [-0.39, 0.29) is 0 Å². The Labute approximate surface area is 208 Å². The molecule has 0 N–H and O–H groups in total. The van der Waals surface area contributed by atoms with E-state index in [1.807, 2.05) is 0 Å². The average Bonchev–Trinajstić information content (AvgIpc) is 3.28. The molecule has 4 atom stereocenters. The molecule has 1 heterocycles. The van der Waals surface area contributed by atoms with E-state index in [4.69, 9.17) is 0 Å². The second-order valence-corrected chi connectivity index (χ2v) is 22.8. The molecule has 2 heteroatoms. The average molecular weight is 476 g/mol. The molecular formula is C32H35Si2. The minimum Gasteiger partial charge on any atom is -0.0714 e. The maximum Gasteiger partial charge on any atom is 0.0590 e. The summed E-state index contributed by atoms with van der Waals surface area (Å²) in [7, 11) is -2.26. The zero-order valence-electron chi connectivity index (χ0n) is 20.6. The van der Waals surface area contributed by atoms with Crippen LogP contribution in [-0.2, 0) is 0 Å². The molecule has 1 radical (unpaired) electrons. The summed E-state index contributed by atoms with van der Waals surface area (Å²) in [5.41, 5.74) is 7.33. The van der Waals surface area contributed by atoms with Crippen molar-refractivity contribution in [1.29, 1.82) is 0 Å². The van der Waals surface area contributed by atoms with Crippen molar-refractivity contribution in [3.63, 3.8) is 0 Å². The van der Waals surface area contributed by atoms with Gasteiger partial charge in [-0.2, -0.15) is 0 Å². The molecule has 1 aliphatic rings. The first-order valence-electron chi connectivity index (χ1n) is 12.7. The summed E-state index contributed by atoms with van der Waals surface area (Å²) in [6.07, 6.45) is 0. The lowest BCUT2D eigenvalue weighted by molar-refractivity contribution is 0.553. The zero-order valence-corrected chi connectivity index (χ0v) is 22.6. The summed E-state index contributed by atoms with van der Waals surface area (Å²) in [6.45, 7) is 7.83. The molecule has 1 fully saturated rings. The normalized spacial score (nSPS) is 23.1. The molecule has 0 nitrogen and oxygen atoms in total. The van der Waals surface area contributed by atoms with Crippen LogP contribution in [0.4, 0.5) is 0 Å². The summed E-state index contributed by atoms with van der Waals surface area (Å²) in [4.78, 5) is 0. The van der Waals surface area contributed by atoms with Gasteiger partial charge in [-0.05, 0) is 45.2 Å². The maximum atomic E-state index is 2.68. The Balaban J connectivity index is 1.82. The molecule has 0 spiro atoms. The molecule has 4 aromatic carbocycles. The summed E-state index contributed by atoms with van der Waals surface area (Å²) in [5.74, 6) is 0.979. The van der Waals surface area contributed by atoms with Gasteiger partial charge >= 0.3 is 0 Å². The van der Waals surface area contributed by atoms with Gasteiger partial charge in [0, 0.05) is 7.59 Å². The van der Waals surface area contributed by atoms with Crippen molar-refractivity contribution in [3.8, 4) is 0 Å². The molecule has 0 saturated carbocycles. The van der Waals surface area contributed by atoms with Crippen LogP contribution in [0.1, 0.15) is 52.1 Å². The lowest BCUT2D eigenvalue weighted by Gasteiger charge is -2.37. The summed E-state index contributed by atoms with van der Waals surface area (Å²) in [5, 5.41) is 0. The maximum absolute atomic E-state index is 2.68. The second kappa shape index (κ2) is 9.89. The zero-order chi connectivity index (χ0) is 23.5. The molecule has 1 aliphatic heterocycles. The summed E-state index contributed by atoms with van der Waals surface area (Å²) in [6, 6.07) is 47.2. The largest absolute Gasteiger partial charge is 0.0714 e. The van der Waals surface area contributed by atoms with Gasteiger partial charge in [-0.25, -0.2) is 0 Å². The molecule has 0 aliphatic carbocycles. The van der Waals surface area contributed by atoms with Crippen LogP contribution in [-0.4, -0.2) is 15.9 Å². The van der Waals surface area contributed by atoms with Gasteiger partial charge in [0.1, 0.15) is 0 Å². The van der Waals surface area contributed by atoms with Crippen LogP contribution in [0, 0.1) is 0 Å².